The highest BCUT2D eigenvalue weighted by Gasteiger charge is 2.06. The van der Waals surface area contributed by atoms with Crippen molar-refractivity contribution in [1.82, 2.24) is 20.2 Å². The van der Waals surface area contributed by atoms with Crippen molar-refractivity contribution in [3.63, 3.8) is 0 Å². The minimum absolute atomic E-state index is 0.562. The molecule has 0 fully saturated rings. The van der Waals surface area contributed by atoms with E-state index in [0.717, 1.165) is 43.2 Å². The summed E-state index contributed by atoms with van der Waals surface area (Å²) in [5, 5.41) is 10.3. The van der Waals surface area contributed by atoms with Gasteiger partial charge in [-0.05, 0) is 49.9 Å². The number of nitrogens with one attached hydrogen (secondary N) is 3. The Hall–Kier alpha value is -3.29. The smallest absolute Gasteiger partial charge is 0.136 e. The highest BCUT2D eigenvalue weighted by molar-refractivity contribution is 6.30. The Kier molecular flexibility index (Phi) is 10.0. The van der Waals surface area contributed by atoms with E-state index < -0.39 is 0 Å². The Morgan fingerprint density at radius 3 is 2.62 bits per heavy atom. The summed E-state index contributed by atoms with van der Waals surface area (Å²) >= 11 is 6.32. The van der Waals surface area contributed by atoms with Crippen LogP contribution in [-0.4, -0.2) is 41.1 Å². The number of benzene rings is 1. The zero-order valence-electron chi connectivity index (χ0n) is 19.9. The molecule has 7 nitrogen and oxygen atoms in total. The van der Waals surface area contributed by atoms with Gasteiger partial charge in [0, 0.05) is 29.8 Å². The molecule has 1 aromatic heterocycles. The number of aromatic nitrogens is 2. The van der Waals surface area contributed by atoms with Crippen LogP contribution in [0.2, 0.25) is 0 Å². The van der Waals surface area contributed by atoms with Gasteiger partial charge in [0.2, 0.25) is 0 Å². The summed E-state index contributed by atoms with van der Waals surface area (Å²) in [6.45, 7) is 12.3. The highest BCUT2D eigenvalue weighted by Crippen LogP contribution is 2.21. The zero-order valence-corrected chi connectivity index (χ0v) is 20.6. The molecule has 1 aliphatic rings. The van der Waals surface area contributed by atoms with E-state index in [4.69, 9.17) is 16.3 Å². The van der Waals surface area contributed by atoms with Crippen LogP contribution < -0.4 is 20.7 Å². The third kappa shape index (κ3) is 8.24. The average Bonchev–Trinajstić information content (AvgIpc) is 3.04. The van der Waals surface area contributed by atoms with Crippen molar-refractivity contribution in [3.8, 4) is 5.75 Å². The Labute approximate surface area is 207 Å². The van der Waals surface area contributed by atoms with Crippen molar-refractivity contribution in [3.05, 3.63) is 84.1 Å². The van der Waals surface area contributed by atoms with E-state index in [1.54, 1.807) is 0 Å². The largest absolute Gasteiger partial charge is 0.494 e. The number of anilines is 3. The van der Waals surface area contributed by atoms with Gasteiger partial charge in [0.05, 0.1) is 12.3 Å². The maximum atomic E-state index is 6.32. The lowest BCUT2D eigenvalue weighted by Crippen LogP contribution is -2.25. The fraction of sp³-hybridized carbons (Fsp3) is 0.308. The molecule has 3 N–H and O–H groups in total. The van der Waals surface area contributed by atoms with Crippen molar-refractivity contribution in [2.24, 2.45) is 0 Å². The average molecular weight is 481 g/mol. The first-order chi connectivity index (χ1) is 16.6. The van der Waals surface area contributed by atoms with Crippen molar-refractivity contribution in [1.29, 1.82) is 0 Å². The lowest BCUT2D eigenvalue weighted by Gasteiger charge is -2.17. The zero-order chi connectivity index (χ0) is 24.2. The number of halogens is 1. The number of hydrogen-bond acceptors (Lipinski definition) is 7. The quantitative estimate of drug-likeness (QED) is 0.314. The molecule has 0 spiro atoms. The van der Waals surface area contributed by atoms with Gasteiger partial charge in [-0.15, -0.1) is 0 Å². The molecule has 0 unspecified atom stereocenters. The molecule has 0 amide bonds. The normalized spacial score (nSPS) is 13.1. The summed E-state index contributed by atoms with van der Waals surface area (Å²) in [7, 11) is 0. The third-order valence-corrected chi connectivity index (χ3v) is 5.60. The molecule has 3 rings (SSSR count). The third-order valence-electron chi connectivity index (χ3n) is 5.24. The second-order valence-electron chi connectivity index (χ2n) is 7.71. The standard InChI is InChI=1S/C26H33ClN6O/c1-4-33(5-2)16-9-17-34-22-14-12-21(13-15-22)32-26-18-25(28-19-29-26)31-20(3)30-24-11-8-6-7-10-23(24)27/h6-8,11-15,18-19,30H,3-5,9-10,16-17H2,1-2H3,(H2,28,29,31,32). The fourth-order valence-corrected chi connectivity index (χ4v) is 3.55. The molecule has 1 heterocycles. The van der Waals surface area contributed by atoms with Crippen molar-refractivity contribution < 1.29 is 4.74 Å². The molecular weight excluding hydrogens is 448 g/mol. The molecule has 1 aliphatic carbocycles. The first kappa shape index (κ1) is 25.3. The van der Waals surface area contributed by atoms with Crippen LogP contribution in [0, 0.1) is 0 Å². The van der Waals surface area contributed by atoms with E-state index in [1.165, 1.54) is 6.33 Å². The predicted octanol–water partition coefficient (Wildman–Crippen LogP) is 5.77. The molecule has 0 atom stereocenters. The van der Waals surface area contributed by atoms with Crippen molar-refractivity contribution in [2.45, 2.75) is 26.7 Å². The molecule has 0 saturated heterocycles. The molecule has 0 bridgehead atoms. The Morgan fingerprint density at radius 1 is 1.09 bits per heavy atom. The summed E-state index contributed by atoms with van der Waals surface area (Å²) < 4.78 is 5.86. The molecule has 8 heteroatoms. The van der Waals surface area contributed by atoms with Gasteiger partial charge in [-0.2, -0.15) is 0 Å². The molecule has 180 valence electrons. The van der Waals surface area contributed by atoms with Crippen LogP contribution in [-0.2, 0) is 0 Å². The second kappa shape index (κ2) is 13.4. The Bertz CT molecular complexity index is 1030. The molecule has 1 aromatic carbocycles. The van der Waals surface area contributed by atoms with E-state index in [1.807, 2.05) is 54.6 Å². The Morgan fingerprint density at radius 2 is 1.85 bits per heavy atom. The molecule has 0 saturated carbocycles. The van der Waals surface area contributed by atoms with Gasteiger partial charge < -0.3 is 25.6 Å². The maximum Gasteiger partial charge on any atom is 0.136 e. The molecule has 34 heavy (non-hydrogen) atoms. The van der Waals surface area contributed by atoms with Crippen LogP contribution in [0.15, 0.2) is 84.1 Å². The number of nitrogens with zero attached hydrogens (tertiary/aromatic N) is 3. The summed E-state index contributed by atoms with van der Waals surface area (Å²) in [6, 6.07) is 9.66. The highest BCUT2D eigenvalue weighted by atomic mass is 35.5. The van der Waals surface area contributed by atoms with Gasteiger partial charge in [-0.3, -0.25) is 0 Å². The van der Waals surface area contributed by atoms with Gasteiger partial charge in [-0.1, -0.05) is 50.3 Å². The van der Waals surface area contributed by atoms with Crippen LogP contribution >= 0.6 is 11.6 Å². The number of hydrogen-bond donors (Lipinski definition) is 3. The second-order valence-corrected chi connectivity index (χ2v) is 8.16. The SMILES string of the molecule is C=C(NC1=C(Cl)CC=CC=C1)Nc1cc(Nc2ccc(OCCCN(CC)CC)cc2)ncn1. The minimum Gasteiger partial charge on any atom is -0.494 e. The fourth-order valence-electron chi connectivity index (χ4n) is 3.35. The van der Waals surface area contributed by atoms with E-state index in [9.17, 15) is 0 Å². The van der Waals surface area contributed by atoms with Crippen LogP contribution in [0.5, 0.6) is 5.75 Å². The lowest BCUT2D eigenvalue weighted by molar-refractivity contribution is 0.249. The van der Waals surface area contributed by atoms with E-state index in [-0.39, 0.29) is 0 Å². The number of allylic oxidation sites excluding steroid dienone is 5. The van der Waals surface area contributed by atoms with E-state index >= 15 is 0 Å². The molecular formula is C26H33ClN6O. The predicted molar refractivity (Wildman–Crippen MR) is 141 cm³/mol. The first-order valence-corrected chi connectivity index (χ1v) is 11.9. The number of ether oxygens (including phenoxy) is 1. The van der Waals surface area contributed by atoms with Crippen LogP contribution in [0.1, 0.15) is 26.7 Å². The van der Waals surface area contributed by atoms with Gasteiger partial charge in [0.1, 0.15) is 29.5 Å². The first-order valence-electron chi connectivity index (χ1n) is 11.6. The van der Waals surface area contributed by atoms with Gasteiger partial charge in [0.25, 0.3) is 0 Å². The van der Waals surface area contributed by atoms with Gasteiger partial charge >= 0.3 is 0 Å². The number of rotatable bonds is 13. The van der Waals surface area contributed by atoms with Crippen LogP contribution in [0.25, 0.3) is 0 Å². The summed E-state index contributed by atoms with van der Waals surface area (Å²) in [6.07, 6.45) is 11.0. The van der Waals surface area contributed by atoms with Crippen molar-refractivity contribution in [2.75, 3.05) is 36.9 Å². The minimum atomic E-state index is 0.562. The summed E-state index contributed by atoms with van der Waals surface area (Å²) in [5.74, 6) is 2.68. The van der Waals surface area contributed by atoms with Crippen LogP contribution in [0.3, 0.4) is 0 Å². The molecule has 0 radical (unpaired) electrons. The maximum absolute atomic E-state index is 6.32. The van der Waals surface area contributed by atoms with Gasteiger partial charge in [-0.25, -0.2) is 9.97 Å². The van der Waals surface area contributed by atoms with E-state index in [0.29, 0.717) is 35.5 Å². The molecule has 2 aromatic rings. The lowest BCUT2D eigenvalue weighted by atomic mass is 10.3. The Balaban J connectivity index is 1.49. The van der Waals surface area contributed by atoms with E-state index in [2.05, 4.69) is 51.2 Å². The molecule has 0 aliphatic heterocycles. The summed E-state index contributed by atoms with van der Waals surface area (Å²) in [5.41, 5.74) is 1.71. The van der Waals surface area contributed by atoms with Crippen molar-refractivity contribution >= 4 is 28.9 Å². The van der Waals surface area contributed by atoms with Gasteiger partial charge in [0.15, 0.2) is 0 Å². The topological polar surface area (TPSA) is 74.3 Å². The monoisotopic (exact) mass is 480 g/mol. The van der Waals surface area contributed by atoms with Crippen LogP contribution in [0.4, 0.5) is 17.3 Å². The summed E-state index contributed by atoms with van der Waals surface area (Å²) in [4.78, 5) is 11.0.